The Bertz CT molecular complexity index is 1230. The quantitative estimate of drug-likeness (QED) is 0.470. The summed E-state index contributed by atoms with van der Waals surface area (Å²) >= 11 is 0. The Morgan fingerprint density at radius 3 is 2.51 bits per heavy atom. The highest BCUT2D eigenvalue weighted by molar-refractivity contribution is 6.03. The number of aromatic nitrogens is 2. The van der Waals surface area contributed by atoms with Crippen LogP contribution in [0.4, 0.5) is 5.82 Å². The zero-order valence-electron chi connectivity index (χ0n) is 19.0. The predicted molar refractivity (Wildman–Crippen MR) is 125 cm³/mol. The van der Waals surface area contributed by atoms with E-state index < -0.39 is 36.7 Å². The molecule has 1 unspecified atom stereocenters. The van der Waals surface area contributed by atoms with Crippen LogP contribution in [0.3, 0.4) is 0 Å². The fourth-order valence-electron chi connectivity index (χ4n) is 3.69. The first-order valence-corrected chi connectivity index (χ1v) is 11.0. The largest absolute Gasteiger partial charge is 0.482 e. The second-order valence-corrected chi connectivity index (χ2v) is 7.96. The Morgan fingerprint density at radius 1 is 1.14 bits per heavy atom. The minimum absolute atomic E-state index is 0.137. The minimum atomic E-state index is -0.814. The molecule has 2 N–H and O–H groups in total. The van der Waals surface area contributed by atoms with E-state index in [-0.39, 0.29) is 24.8 Å². The fourth-order valence-corrected chi connectivity index (χ4v) is 3.69. The van der Waals surface area contributed by atoms with Gasteiger partial charge < -0.3 is 24.6 Å². The molecule has 0 saturated carbocycles. The van der Waals surface area contributed by atoms with E-state index in [0.717, 1.165) is 0 Å². The van der Waals surface area contributed by atoms with Crippen LogP contribution >= 0.6 is 0 Å². The molecule has 4 rings (SSSR count). The molecule has 0 spiro atoms. The Morgan fingerprint density at radius 2 is 1.83 bits per heavy atom. The number of hydrogen-bond acceptors (Lipinski definition) is 8. The summed E-state index contributed by atoms with van der Waals surface area (Å²) in [7, 11) is 0. The second kappa shape index (κ2) is 10.9. The number of ether oxygens (including phenoxy) is 3. The average molecular weight is 479 g/mol. The number of aliphatic hydroxyl groups excluding tert-OH is 1. The van der Waals surface area contributed by atoms with E-state index in [1.54, 1.807) is 61.5 Å². The van der Waals surface area contributed by atoms with E-state index in [1.807, 2.05) is 6.07 Å². The van der Waals surface area contributed by atoms with Gasteiger partial charge in [-0.05, 0) is 31.2 Å². The van der Waals surface area contributed by atoms with Gasteiger partial charge in [-0.1, -0.05) is 36.4 Å². The van der Waals surface area contributed by atoms with Crippen molar-refractivity contribution in [3.05, 3.63) is 88.5 Å². The number of aryl methyl sites for hydroxylation is 1. The van der Waals surface area contributed by atoms with Gasteiger partial charge >= 0.3 is 11.7 Å². The maximum atomic E-state index is 12.7. The molecule has 182 valence electrons. The molecule has 0 aliphatic carbocycles. The van der Waals surface area contributed by atoms with Gasteiger partial charge in [-0.3, -0.25) is 9.36 Å². The van der Waals surface area contributed by atoms with E-state index >= 15 is 0 Å². The summed E-state index contributed by atoms with van der Waals surface area (Å²) in [4.78, 5) is 41.4. The zero-order valence-corrected chi connectivity index (χ0v) is 19.0. The van der Waals surface area contributed by atoms with Crippen LogP contribution in [0.1, 0.15) is 28.6 Å². The van der Waals surface area contributed by atoms with Crippen molar-refractivity contribution in [3.63, 3.8) is 0 Å². The lowest BCUT2D eigenvalue weighted by molar-refractivity contribution is -0.155. The number of nitrogens with zero attached hydrogens (tertiary/aromatic N) is 2. The topological polar surface area (TPSA) is 129 Å². The molecular weight excluding hydrogens is 454 g/mol. The molecule has 3 aromatic rings. The summed E-state index contributed by atoms with van der Waals surface area (Å²) in [5.74, 6) is -0.350. The monoisotopic (exact) mass is 479 g/mol. The van der Waals surface area contributed by atoms with Gasteiger partial charge in [0.25, 0.3) is 5.91 Å². The molecule has 35 heavy (non-hydrogen) atoms. The van der Waals surface area contributed by atoms with Crippen molar-refractivity contribution in [2.45, 2.75) is 31.8 Å². The lowest BCUT2D eigenvalue weighted by Gasteiger charge is -2.17. The Labute approximate surface area is 201 Å². The number of carbonyl (C=O) groups excluding carboxylic acids is 2. The molecule has 1 fully saturated rings. The van der Waals surface area contributed by atoms with Gasteiger partial charge in [-0.2, -0.15) is 4.98 Å². The Kier molecular flexibility index (Phi) is 7.54. The minimum Gasteiger partial charge on any atom is -0.482 e. The molecule has 0 bridgehead atoms. The van der Waals surface area contributed by atoms with Crippen molar-refractivity contribution in [3.8, 4) is 5.75 Å². The molecule has 10 nitrogen and oxygen atoms in total. The molecule has 3 atom stereocenters. The number of para-hydroxylation sites is 1. The fraction of sp³-hybridized carbons (Fsp3) is 0.280. The maximum Gasteiger partial charge on any atom is 0.351 e. The van der Waals surface area contributed by atoms with Crippen molar-refractivity contribution < 1.29 is 28.9 Å². The number of aliphatic hydroxyl groups is 1. The van der Waals surface area contributed by atoms with Crippen LogP contribution in [-0.2, 0) is 14.3 Å². The summed E-state index contributed by atoms with van der Waals surface area (Å²) < 4.78 is 17.9. The molecule has 1 aliphatic heterocycles. The van der Waals surface area contributed by atoms with Crippen LogP contribution in [0.2, 0.25) is 0 Å². The molecule has 1 aromatic heterocycles. The van der Waals surface area contributed by atoms with E-state index in [0.29, 0.717) is 16.9 Å². The second-order valence-electron chi connectivity index (χ2n) is 7.96. The summed E-state index contributed by atoms with van der Waals surface area (Å²) in [5, 5.41) is 12.3. The van der Waals surface area contributed by atoms with Crippen LogP contribution < -0.4 is 15.7 Å². The predicted octanol–water partition coefficient (Wildman–Crippen LogP) is 2.07. The third-order valence-electron chi connectivity index (χ3n) is 5.46. The van der Waals surface area contributed by atoms with E-state index in [9.17, 15) is 19.5 Å². The molecule has 0 radical (unpaired) electrons. The van der Waals surface area contributed by atoms with Crippen LogP contribution in [0.15, 0.2) is 71.7 Å². The highest BCUT2D eigenvalue weighted by Gasteiger charge is 2.39. The normalized spacial score (nSPS) is 19.2. The van der Waals surface area contributed by atoms with Crippen LogP contribution in [-0.4, -0.2) is 52.0 Å². The molecule has 1 saturated heterocycles. The van der Waals surface area contributed by atoms with Gasteiger partial charge in [-0.25, -0.2) is 9.59 Å². The molecule has 2 aromatic carbocycles. The number of benzene rings is 2. The van der Waals surface area contributed by atoms with Crippen molar-refractivity contribution in [2.24, 2.45) is 0 Å². The first-order chi connectivity index (χ1) is 16.9. The van der Waals surface area contributed by atoms with Gasteiger partial charge in [0.15, 0.2) is 6.61 Å². The lowest BCUT2D eigenvalue weighted by atomic mass is 10.2. The van der Waals surface area contributed by atoms with E-state index in [1.165, 1.54) is 10.8 Å². The van der Waals surface area contributed by atoms with Gasteiger partial charge in [0, 0.05) is 23.7 Å². The van der Waals surface area contributed by atoms with Gasteiger partial charge in [0.1, 0.15) is 30.0 Å². The number of rotatable bonds is 8. The number of nitrogens with one attached hydrogen (secondary N) is 1. The Hall–Kier alpha value is -4.02. The Balaban J connectivity index is 1.41. The first-order valence-electron chi connectivity index (χ1n) is 11.0. The molecule has 1 amide bonds. The van der Waals surface area contributed by atoms with Crippen molar-refractivity contribution in [1.82, 2.24) is 9.55 Å². The number of esters is 1. The third-order valence-corrected chi connectivity index (χ3v) is 5.46. The van der Waals surface area contributed by atoms with E-state index in [2.05, 4.69) is 10.3 Å². The third kappa shape index (κ3) is 5.92. The summed E-state index contributed by atoms with van der Waals surface area (Å²) in [6.07, 6.45) is -0.749. The average Bonchev–Trinajstić information content (AvgIpc) is 3.28. The summed E-state index contributed by atoms with van der Waals surface area (Å²) in [5.41, 5.74) is 0.318. The highest BCUT2D eigenvalue weighted by Crippen LogP contribution is 2.30. The molecule has 2 heterocycles. The van der Waals surface area contributed by atoms with Crippen molar-refractivity contribution in [1.29, 1.82) is 0 Å². The van der Waals surface area contributed by atoms with Crippen LogP contribution in [0, 0.1) is 6.92 Å². The molecular formula is C25H25N3O7. The number of hydrogen-bond donors (Lipinski definition) is 2. The van der Waals surface area contributed by atoms with Crippen LogP contribution in [0.5, 0.6) is 5.75 Å². The van der Waals surface area contributed by atoms with Gasteiger partial charge in [0.05, 0.1) is 6.61 Å². The zero-order chi connectivity index (χ0) is 24.8. The van der Waals surface area contributed by atoms with E-state index in [4.69, 9.17) is 14.2 Å². The smallest absolute Gasteiger partial charge is 0.351 e. The number of anilines is 1. The van der Waals surface area contributed by atoms with Gasteiger partial charge in [0.2, 0.25) is 0 Å². The SMILES string of the molecule is Cc1cn([C@H]2CC(OC(=O)COc3ccccc3)[C@@H](CO)O2)c(=O)nc1NC(=O)c1ccccc1. The summed E-state index contributed by atoms with van der Waals surface area (Å²) in [6, 6.07) is 17.4. The standard InChI is InChI=1S/C25H25N3O7/c1-16-13-28(25(32)27-23(16)26-24(31)17-8-4-2-5-9-17)21-12-19(20(14-29)34-21)35-22(30)15-33-18-10-6-3-7-11-18/h2-11,13,19-21,29H,12,14-15H2,1H3,(H,26,27,31,32)/t19?,20-,21-/m1/s1. The van der Waals surface area contributed by atoms with Crippen molar-refractivity contribution >= 4 is 17.7 Å². The highest BCUT2D eigenvalue weighted by atomic mass is 16.6. The molecule has 1 aliphatic rings. The van der Waals surface area contributed by atoms with Crippen LogP contribution in [0.25, 0.3) is 0 Å². The van der Waals surface area contributed by atoms with Crippen molar-refractivity contribution in [2.75, 3.05) is 18.5 Å². The summed E-state index contributed by atoms with van der Waals surface area (Å²) in [6.45, 7) is 0.987. The number of carbonyl (C=O) groups is 2. The number of amides is 1. The maximum absolute atomic E-state index is 12.7. The first kappa shape index (κ1) is 24.1. The van der Waals surface area contributed by atoms with Gasteiger partial charge in [-0.15, -0.1) is 0 Å². The lowest BCUT2D eigenvalue weighted by Crippen LogP contribution is -2.31. The molecule has 10 heteroatoms.